The number of hydrogen-bond acceptors (Lipinski definition) is 4. The van der Waals surface area contributed by atoms with E-state index in [2.05, 4.69) is 40.2 Å². The van der Waals surface area contributed by atoms with E-state index in [0.29, 0.717) is 12.4 Å². The molecule has 1 atom stereocenters. The summed E-state index contributed by atoms with van der Waals surface area (Å²) < 4.78 is 5.98. The summed E-state index contributed by atoms with van der Waals surface area (Å²) in [7, 11) is 0. The first-order valence-electron chi connectivity index (χ1n) is 7.42. The third kappa shape index (κ3) is 3.80. The lowest BCUT2D eigenvalue weighted by Crippen LogP contribution is -2.24. The average molecular weight is 283 g/mol. The zero-order valence-electron chi connectivity index (χ0n) is 12.1. The van der Waals surface area contributed by atoms with Crippen LogP contribution in [0.4, 0.5) is 0 Å². The number of hydrogen-bond donors (Lipinski definition) is 1. The van der Waals surface area contributed by atoms with Crippen molar-refractivity contribution < 1.29 is 4.74 Å². The van der Waals surface area contributed by atoms with Crippen molar-refractivity contribution in [2.75, 3.05) is 13.1 Å². The molecule has 0 spiro atoms. The highest BCUT2D eigenvalue weighted by atomic mass is 16.5. The van der Waals surface area contributed by atoms with E-state index in [1.807, 2.05) is 18.2 Å². The fourth-order valence-corrected chi connectivity index (χ4v) is 2.69. The fraction of sp³-hybridized carbons (Fsp3) is 0.353. The van der Waals surface area contributed by atoms with E-state index in [0.717, 1.165) is 31.7 Å². The fourth-order valence-electron chi connectivity index (χ4n) is 2.69. The van der Waals surface area contributed by atoms with Gasteiger partial charge in [-0.1, -0.05) is 36.4 Å². The van der Waals surface area contributed by atoms with Crippen molar-refractivity contribution in [1.82, 2.24) is 9.88 Å². The van der Waals surface area contributed by atoms with Crippen LogP contribution < -0.4 is 10.5 Å². The van der Waals surface area contributed by atoms with Gasteiger partial charge in [0.2, 0.25) is 5.88 Å². The number of nitrogens with zero attached hydrogens (tertiary/aromatic N) is 2. The molecule has 0 bridgehead atoms. The maximum absolute atomic E-state index is 5.98. The van der Waals surface area contributed by atoms with Gasteiger partial charge in [-0.3, -0.25) is 4.90 Å². The van der Waals surface area contributed by atoms with E-state index in [1.54, 1.807) is 0 Å². The molecule has 1 aromatic carbocycles. The molecule has 1 fully saturated rings. The molecule has 1 saturated heterocycles. The molecule has 3 rings (SSSR count). The van der Waals surface area contributed by atoms with Gasteiger partial charge >= 0.3 is 0 Å². The molecular formula is C17H21N3O. The Morgan fingerprint density at radius 3 is 2.81 bits per heavy atom. The van der Waals surface area contributed by atoms with Crippen LogP contribution in [0.15, 0.2) is 48.5 Å². The van der Waals surface area contributed by atoms with Crippen LogP contribution in [0, 0.1) is 0 Å². The third-order valence-corrected chi connectivity index (χ3v) is 3.76. The van der Waals surface area contributed by atoms with Crippen molar-refractivity contribution in [3.63, 3.8) is 0 Å². The minimum atomic E-state index is 0.217. The van der Waals surface area contributed by atoms with Crippen molar-refractivity contribution >= 4 is 0 Å². The van der Waals surface area contributed by atoms with Crippen molar-refractivity contribution in [3.8, 4) is 5.88 Å². The lowest BCUT2D eigenvalue weighted by molar-refractivity contribution is 0.191. The first-order chi connectivity index (χ1) is 10.3. The minimum Gasteiger partial charge on any atom is -0.473 e. The van der Waals surface area contributed by atoms with Gasteiger partial charge in [-0.15, -0.1) is 0 Å². The topological polar surface area (TPSA) is 51.4 Å². The van der Waals surface area contributed by atoms with E-state index < -0.39 is 0 Å². The number of aromatic nitrogens is 1. The Kier molecular flexibility index (Phi) is 4.48. The molecule has 2 N–H and O–H groups in total. The SMILES string of the molecule is NCc1cccc(OC2CCN(Cc3ccccc3)C2)n1. The summed E-state index contributed by atoms with van der Waals surface area (Å²) in [5, 5.41) is 0. The molecular weight excluding hydrogens is 262 g/mol. The van der Waals surface area contributed by atoms with Crippen LogP contribution in [0.5, 0.6) is 5.88 Å². The molecule has 1 aliphatic heterocycles. The van der Waals surface area contributed by atoms with Crippen molar-refractivity contribution in [3.05, 3.63) is 59.8 Å². The minimum absolute atomic E-state index is 0.217. The summed E-state index contributed by atoms with van der Waals surface area (Å²) in [5.41, 5.74) is 7.82. The Bertz CT molecular complexity index is 573. The van der Waals surface area contributed by atoms with Crippen LogP contribution in [0.25, 0.3) is 0 Å². The van der Waals surface area contributed by atoms with E-state index in [4.69, 9.17) is 10.5 Å². The number of rotatable bonds is 5. The van der Waals surface area contributed by atoms with Crippen LogP contribution in [0.1, 0.15) is 17.7 Å². The van der Waals surface area contributed by atoms with E-state index >= 15 is 0 Å². The van der Waals surface area contributed by atoms with Crippen molar-refractivity contribution in [2.45, 2.75) is 25.6 Å². The van der Waals surface area contributed by atoms with Crippen LogP contribution in [0.3, 0.4) is 0 Å². The number of nitrogens with two attached hydrogens (primary N) is 1. The number of benzene rings is 1. The highest BCUT2D eigenvalue weighted by Gasteiger charge is 2.24. The zero-order valence-corrected chi connectivity index (χ0v) is 12.1. The Morgan fingerprint density at radius 1 is 1.14 bits per heavy atom. The molecule has 4 heteroatoms. The van der Waals surface area contributed by atoms with Gasteiger partial charge in [0.25, 0.3) is 0 Å². The van der Waals surface area contributed by atoms with Crippen molar-refractivity contribution in [2.24, 2.45) is 5.73 Å². The maximum Gasteiger partial charge on any atom is 0.213 e. The summed E-state index contributed by atoms with van der Waals surface area (Å²) >= 11 is 0. The Labute approximate surface area is 125 Å². The first kappa shape index (κ1) is 14.0. The molecule has 1 aromatic heterocycles. The summed E-state index contributed by atoms with van der Waals surface area (Å²) in [6, 6.07) is 16.3. The van der Waals surface area contributed by atoms with E-state index in [9.17, 15) is 0 Å². The molecule has 0 saturated carbocycles. The molecule has 21 heavy (non-hydrogen) atoms. The Balaban J connectivity index is 1.54. The molecule has 4 nitrogen and oxygen atoms in total. The second-order valence-electron chi connectivity index (χ2n) is 5.42. The average Bonchev–Trinajstić information content (AvgIpc) is 2.95. The lowest BCUT2D eigenvalue weighted by Gasteiger charge is -2.16. The molecule has 0 amide bonds. The summed E-state index contributed by atoms with van der Waals surface area (Å²) in [4.78, 5) is 6.82. The lowest BCUT2D eigenvalue weighted by atomic mass is 10.2. The molecule has 2 aromatic rings. The van der Waals surface area contributed by atoms with Gasteiger partial charge in [0.05, 0.1) is 5.69 Å². The summed E-state index contributed by atoms with van der Waals surface area (Å²) in [6.45, 7) is 3.44. The number of ether oxygens (including phenoxy) is 1. The van der Waals surface area contributed by atoms with Crippen LogP contribution >= 0.6 is 0 Å². The van der Waals surface area contributed by atoms with E-state index in [1.165, 1.54) is 5.56 Å². The molecule has 0 aliphatic carbocycles. The largest absolute Gasteiger partial charge is 0.473 e. The van der Waals surface area contributed by atoms with Crippen molar-refractivity contribution in [1.29, 1.82) is 0 Å². The van der Waals surface area contributed by atoms with Crippen LogP contribution in [-0.4, -0.2) is 29.1 Å². The quantitative estimate of drug-likeness (QED) is 0.914. The highest BCUT2D eigenvalue weighted by Crippen LogP contribution is 2.18. The smallest absolute Gasteiger partial charge is 0.213 e. The number of likely N-dealkylation sites (tertiary alicyclic amines) is 1. The second kappa shape index (κ2) is 6.70. The van der Waals surface area contributed by atoms with Gasteiger partial charge < -0.3 is 10.5 Å². The first-order valence-corrected chi connectivity index (χ1v) is 7.42. The summed E-state index contributed by atoms with van der Waals surface area (Å²) in [6.07, 6.45) is 1.26. The highest BCUT2D eigenvalue weighted by molar-refractivity contribution is 5.17. The standard InChI is InChI=1S/C17H21N3O/c18-11-15-7-4-8-17(19-15)21-16-9-10-20(13-16)12-14-5-2-1-3-6-14/h1-8,16H,9-13,18H2. The van der Waals surface area contributed by atoms with Gasteiger partial charge in [0.15, 0.2) is 0 Å². The van der Waals surface area contributed by atoms with E-state index in [-0.39, 0.29) is 6.10 Å². The Hall–Kier alpha value is -1.91. The Morgan fingerprint density at radius 2 is 2.00 bits per heavy atom. The third-order valence-electron chi connectivity index (χ3n) is 3.76. The summed E-state index contributed by atoms with van der Waals surface area (Å²) in [5.74, 6) is 0.685. The number of pyridine rings is 1. The molecule has 110 valence electrons. The normalized spacial score (nSPS) is 18.8. The molecule has 1 unspecified atom stereocenters. The van der Waals surface area contributed by atoms with Gasteiger partial charge in [-0.25, -0.2) is 4.98 Å². The van der Waals surface area contributed by atoms with Crippen LogP contribution in [-0.2, 0) is 13.1 Å². The van der Waals surface area contributed by atoms with Gasteiger partial charge in [0.1, 0.15) is 6.10 Å². The predicted molar refractivity (Wildman–Crippen MR) is 82.9 cm³/mol. The second-order valence-corrected chi connectivity index (χ2v) is 5.42. The maximum atomic E-state index is 5.98. The zero-order chi connectivity index (χ0) is 14.5. The molecule has 0 radical (unpaired) electrons. The monoisotopic (exact) mass is 283 g/mol. The molecule has 1 aliphatic rings. The molecule has 2 heterocycles. The van der Waals surface area contributed by atoms with Gasteiger partial charge in [-0.05, 0) is 18.1 Å². The van der Waals surface area contributed by atoms with Gasteiger partial charge in [-0.2, -0.15) is 0 Å². The van der Waals surface area contributed by atoms with Crippen LogP contribution in [0.2, 0.25) is 0 Å². The van der Waals surface area contributed by atoms with Gasteiger partial charge in [0, 0.05) is 32.2 Å². The predicted octanol–water partition coefficient (Wildman–Crippen LogP) is 2.19.